The Hall–Kier alpha value is -2.87. The third-order valence-corrected chi connectivity index (χ3v) is 5.37. The number of piperidine rings is 1. The number of alkyl halides is 3. The van der Waals surface area contributed by atoms with Crippen molar-refractivity contribution in [3.63, 3.8) is 0 Å². The molecule has 0 aliphatic carbocycles. The van der Waals surface area contributed by atoms with Crippen molar-refractivity contribution in [1.29, 1.82) is 0 Å². The fraction of sp³-hybridized carbons (Fsp3) is 0.391. The maximum atomic E-state index is 13.2. The zero-order chi connectivity index (χ0) is 22.4. The third-order valence-electron chi connectivity index (χ3n) is 5.37. The highest BCUT2D eigenvalue weighted by Crippen LogP contribution is 2.30. The van der Waals surface area contributed by atoms with Gasteiger partial charge in [-0.1, -0.05) is 41.6 Å². The fourth-order valence-electron chi connectivity index (χ4n) is 3.68. The number of aliphatic carboxylic acids is 1. The SMILES string of the molecule is Cc1ccccc1C(=NOCCN1CCC[C@@H](C(=O)O)C1)c1cccc(C(F)(F)F)c1. The summed E-state index contributed by atoms with van der Waals surface area (Å²) in [6.45, 7) is 3.81. The van der Waals surface area contributed by atoms with Gasteiger partial charge in [0.15, 0.2) is 0 Å². The van der Waals surface area contributed by atoms with Gasteiger partial charge in [0.1, 0.15) is 12.3 Å². The van der Waals surface area contributed by atoms with Gasteiger partial charge in [-0.15, -0.1) is 0 Å². The third kappa shape index (κ3) is 6.07. The van der Waals surface area contributed by atoms with Crippen LogP contribution in [-0.4, -0.2) is 47.9 Å². The molecule has 31 heavy (non-hydrogen) atoms. The van der Waals surface area contributed by atoms with E-state index in [9.17, 15) is 23.1 Å². The number of halogens is 3. The largest absolute Gasteiger partial charge is 0.481 e. The highest BCUT2D eigenvalue weighted by molar-refractivity contribution is 6.13. The van der Waals surface area contributed by atoms with E-state index in [2.05, 4.69) is 5.16 Å². The molecule has 0 bridgehead atoms. The molecule has 1 heterocycles. The molecule has 5 nitrogen and oxygen atoms in total. The summed E-state index contributed by atoms with van der Waals surface area (Å²) < 4.78 is 39.6. The minimum absolute atomic E-state index is 0.209. The Balaban J connectivity index is 1.77. The Morgan fingerprint density at radius 2 is 2.00 bits per heavy atom. The molecule has 8 heteroatoms. The van der Waals surface area contributed by atoms with Crippen molar-refractivity contribution in [2.24, 2.45) is 11.1 Å². The van der Waals surface area contributed by atoms with Gasteiger partial charge in [-0.05, 0) is 44.0 Å². The summed E-state index contributed by atoms with van der Waals surface area (Å²) in [5.41, 5.74) is 1.44. The summed E-state index contributed by atoms with van der Waals surface area (Å²) >= 11 is 0. The van der Waals surface area contributed by atoms with Crippen LogP contribution in [0.2, 0.25) is 0 Å². The molecule has 1 aliphatic rings. The number of benzene rings is 2. The summed E-state index contributed by atoms with van der Waals surface area (Å²) in [5.74, 6) is -1.18. The van der Waals surface area contributed by atoms with Gasteiger partial charge in [0, 0.05) is 24.2 Å². The van der Waals surface area contributed by atoms with Crippen molar-refractivity contribution in [2.75, 3.05) is 26.2 Å². The van der Waals surface area contributed by atoms with E-state index in [0.717, 1.165) is 30.7 Å². The summed E-state index contributed by atoms with van der Waals surface area (Å²) in [7, 11) is 0. The van der Waals surface area contributed by atoms with Crippen LogP contribution in [-0.2, 0) is 15.8 Å². The molecule has 2 aromatic carbocycles. The summed E-state index contributed by atoms with van der Waals surface area (Å²) in [6, 6.07) is 12.3. The minimum Gasteiger partial charge on any atom is -0.481 e. The van der Waals surface area contributed by atoms with E-state index in [1.165, 1.54) is 6.07 Å². The van der Waals surface area contributed by atoms with Crippen molar-refractivity contribution in [2.45, 2.75) is 25.9 Å². The van der Waals surface area contributed by atoms with E-state index >= 15 is 0 Å². The maximum Gasteiger partial charge on any atom is 0.416 e. The number of nitrogens with zero attached hydrogens (tertiary/aromatic N) is 2. The van der Waals surface area contributed by atoms with Crippen molar-refractivity contribution >= 4 is 11.7 Å². The Labute approximate surface area is 179 Å². The molecule has 1 fully saturated rings. The second-order valence-corrected chi connectivity index (χ2v) is 7.64. The predicted molar refractivity (Wildman–Crippen MR) is 111 cm³/mol. The van der Waals surface area contributed by atoms with Crippen LogP contribution in [0.4, 0.5) is 13.2 Å². The zero-order valence-electron chi connectivity index (χ0n) is 17.2. The van der Waals surface area contributed by atoms with E-state index in [1.807, 2.05) is 24.0 Å². The monoisotopic (exact) mass is 434 g/mol. The lowest BCUT2D eigenvalue weighted by Crippen LogP contribution is -2.40. The average Bonchev–Trinajstić information content (AvgIpc) is 2.74. The number of oxime groups is 1. The molecule has 166 valence electrons. The molecule has 0 aromatic heterocycles. The van der Waals surface area contributed by atoms with Gasteiger partial charge in [0.25, 0.3) is 0 Å². The molecule has 0 spiro atoms. The standard InChI is InChI=1S/C23H25F3N2O3/c1-16-6-2-3-10-20(16)21(17-7-4-9-19(14-17)23(24,25)26)27-31-13-12-28-11-5-8-18(15-28)22(29)30/h2-4,6-7,9-10,14,18H,5,8,11-13,15H2,1H3,(H,29,30)/t18-/m1/s1. The number of aryl methyl sites for hydroxylation is 1. The first-order chi connectivity index (χ1) is 14.8. The van der Waals surface area contributed by atoms with E-state index in [0.29, 0.717) is 36.3 Å². The molecule has 0 amide bonds. The van der Waals surface area contributed by atoms with Crippen LogP contribution in [0.5, 0.6) is 0 Å². The molecule has 0 unspecified atom stereocenters. The molecule has 1 N–H and O–H groups in total. The van der Waals surface area contributed by atoms with E-state index in [4.69, 9.17) is 4.84 Å². The normalized spacial score (nSPS) is 18.1. The van der Waals surface area contributed by atoms with Gasteiger partial charge in [-0.2, -0.15) is 13.2 Å². The Kier molecular flexibility index (Phi) is 7.33. The molecule has 0 radical (unpaired) electrons. The van der Waals surface area contributed by atoms with Gasteiger partial charge in [-0.25, -0.2) is 0 Å². The topological polar surface area (TPSA) is 62.1 Å². The van der Waals surface area contributed by atoms with Crippen molar-refractivity contribution in [1.82, 2.24) is 4.90 Å². The first-order valence-corrected chi connectivity index (χ1v) is 10.1. The molecule has 1 aliphatic heterocycles. The number of hydrogen-bond donors (Lipinski definition) is 1. The van der Waals surface area contributed by atoms with Crippen molar-refractivity contribution < 1.29 is 27.9 Å². The molecule has 3 rings (SSSR count). The highest BCUT2D eigenvalue weighted by atomic mass is 19.4. The van der Waals surface area contributed by atoms with E-state index < -0.39 is 17.7 Å². The van der Waals surface area contributed by atoms with Gasteiger partial charge in [-0.3, -0.25) is 9.69 Å². The first-order valence-electron chi connectivity index (χ1n) is 10.1. The molecule has 1 atom stereocenters. The second-order valence-electron chi connectivity index (χ2n) is 7.64. The van der Waals surface area contributed by atoms with Crippen LogP contribution >= 0.6 is 0 Å². The van der Waals surface area contributed by atoms with Gasteiger partial charge < -0.3 is 9.94 Å². The lowest BCUT2D eigenvalue weighted by atomic mass is 9.97. The van der Waals surface area contributed by atoms with Crippen molar-refractivity contribution in [3.05, 3.63) is 70.8 Å². The number of hydrogen-bond acceptors (Lipinski definition) is 4. The number of carbonyl (C=O) groups is 1. The van der Waals surface area contributed by atoms with Crippen molar-refractivity contribution in [3.8, 4) is 0 Å². The first kappa shape index (κ1) is 22.8. The van der Waals surface area contributed by atoms with Crippen LogP contribution in [0.1, 0.15) is 35.1 Å². The van der Waals surface area contributed by atoms with E-state index in [-0.39, 0.29) is 12.5 Å². The molecular weight excluding hydrogens is 409 g/mol. The van der Waals surface area contributed by atoms with E-state index in [1.54, 1.807) is 18.2 Å². The quantitative estimate of drug-likeness (QED) is 0.394. The van der Waals surface area contributed by atoms with Crippen LogP contribution in [0, 0.1) is 12.8 Å². The maximum absolute atomic E-state index is 13.2. The average molecular weight is 434 g/mol. The van der Waals surface area contributed by atoms with Crippen LogP contribution in [0.25, 0.3) is 0 Å². The Bertz CT molecular complexity index is 944. The lowest BCUT2D eigenvalue weighted by Gasteiger charge is -2.30. The summed E-state index contributed by atoms with van der Waals surface area (Å²) in [5, 5.41) is 13.4. The number of rotatable bonds is 7. The van der Waals surface area contributed by atoms with Crippen LogP contribution < -0.4 is 0 Å². The van der Waals surface area contributed by atoms with Crippen LogP contribution in [0.15, 0.2) is 53.7 Å². The molecule has 0 saturated carbocycles. The van der Waals surface area contributed by atoms with Gasteiger partial charge in [0.05, 0.1) is 11.5 Å². The summed E-state index contributed by atoms with van der Waals surface area (Å²) in [4.78, 5) is 18.7. The Morgan fingerprint density at radius 3 is 2.71 bits per heavy atom. The van der Waals surface area contributed by atoms with Gasteiger partial charge in [0.2, 0.25) is 0 Å². The molecule has 2 aromatic rings. The Morgan fingerprint density at radius 1 is 1.23 bits per heavy atom. The lowest BCUT2D eigenvalue weighted by molar-refractivity contribution is -0.143. The number of likely N-dealkylation sites (tertiary alicyclic amines) is 1. The second kappa shape index (κ2) is 9.96. The highest BCUT2D eigenvalue weighted by Gasteiger charge is 2.31. The van der Waals surface area contributed by atoms with Gasteiger partial charge >= 0.3 is 12.1 Å². The fourth-order valence-corrected chi connectivity index (χ4v) is 3.68. The zero-order valence-corrected chi connectivity index (χ0v) is 17.2. The molecule has 1 saturated heterocycles. The predicted octanol–water partition coefficient (Wildman–Crippen LogP) is 4.58. The smallest absolute Gasteiger partial charge is 0.416 e. The summed E-state index contributed by atoms with van der Waals surface area (Å²) in [6.07, 6.45) is -2.99. The molecular formula is C23H25F3N2O3. The number of carboxylic acids is 1. The van der Waals surface area contributed by atoms with Crippen LogP contribution in [0.3, 0.4) is 0 Å². The minimum atomic E-state index is -4.46. The number of carboxylic acid groups (broad SMARTS) is 1.